The molecule has 1 aromatic rings. The van der Waals surface area contributed by atoms with Crippen molar-refractivity contribution in [1.29, 1.82) is 0 Å². The van der Waals surface area contributed by atoms with Crippen molar-refractivity contribution in [3.63, 3.8) is 0 Å². The first kappa shape index (κ1) is 14.3. The van der Waals surface area contributed by atoms with Gasteiger partial charge in [0, 0.05) is 12.6 Å². The van der Waals surface area contributed by atoms with Crippen LogP contribution in [0.4, 0.5) is 4.39 Å². The molecule has 1 saturated heterocycles. The molecule has 0 amide bonds. The molecule has 0 bridgehead atoms. The Kier molecular flexibility index (Phi) is 5.16. The first-order valence-electron chi connectivity index (χ1n) is 6.96. The molecule has 0 spiro atoms. The van der Waals surface area contributed by atoms with Crippen LogP contribution in [-0.4, -0.2) is 41.8 Å². The van der Waals surface area contributed by atoms with Gasteiger partial charge in [-0.05, 0) is 38.4 Å². The van der Waals surface area contributed by atoms with E-state index >= 15 is 0 Å². The minimum atomic E-state index is -0.583. The summed E-state index contributed by atoms with van der Waals surface area (Å²) in [4.78, 5) is 2.28. The fraction of sp³-hybridized carbons (Fsp3) is 0.600. The molecule has 2 rings (SSSR count). The zero-order valence-electron chi connectivity index (χ0n) is 11.4. The van der Waals surface area contributed by atoms with Crippen LogP contribution >= 0.6 is 0 Å². The van der Waals surface area contributed by atoms with Gasteiger partial charge in [-0.25, -0.2) is 4.39 Å². The third kappa shape index (κ3) is 4.18. The smallest absolute Gasteiger partial charge is 0.165 e. The fourth-order valence-corrected chi connectivity index (χ4v) is 2.50. The highest BCUT2D eigenvalue weighted by atomic mass is 19.1. The number of para-hydroxylation sites is 1. The van der Waals surface area contributed by atoms with Gasteiger partial charge in [0.2, 0.25) is 0 Å². The van der Waals surface area contributed by atoms with E-state index in [1.165, 1.54) is 25.3 Å². The molecule has 0 radical (unpaired) electrons. The lowest BCUT2D eigenvalue weighted by Crippen LogP contribution is -2.43. The van der Waals surface area contributed by atoms with E-state index in [0.29, 0.717) is 12.6 Å². The summed E-state index contributed by atoms with van der Waals surface area (Å²) >= 11 is 0. The molecule has 0 aliphatic carbocycles. The fourth-order valence-electron chi connectivity index (χ4n) is 2.50. The number of rotatable bonds is 5. The van der Waals surface area contributed by atoms with Gasteiger partial charge in [-0.1, -0.05) is 18.6 Å². The lowest BCUT2D eigenvalue weighted by Gasteiger charge is -2.34. The maximum absolute atomic E-state index is 13.3. The van der Waals surface area contributed by atoms with Gasteiger partial charge in [-0.15, -0.1) is 0 Å². The lowest BCUT2D eigenvalue weighted by molar-refractivity contribution is 0.0428. The molecule has 1 aromatic carbocycles. The van der Waals surface area contributed by atoms with Crippen molar-refractivity contribution in [2.45, 2.75) is 38.3 Å². The largest absolute Gasteiger partial charge is 0.488 e. The minimum Gasteiger partial charge on any atom is -0.488 e. The monoisotopic (exact) mass is 267 g/mol. The molecule has 1 aliphatic heterocycles. The maximum atomic E-state index is 13.3. The Hall–Kier alpha value is -1.13. The Morgan fingerprint density at radius 1 is 1.42 bits per heavy atom. The van der Waals surface area contributed by atoms with E-state index in [2.05, 4.69) is 11.8 Å². The van der Waals surface area contributed by atoms with Crippen molar-refractivity contribution >= 4 is 0 Å². The van der Waals surface area contributed by atoms with Gasteiger partial charge in [0.05, 0.1) is 0 Å². The van der Waals surface area contributed by atoms with Crippen molar-refractivity contribution in [3.8, 4) is 5.75 Å². The number of hydrogen-bond acceptors (Lipinski definition) is 3. The normalized spacial score (nSPS) is 22.2. The van der Waals surface area contributed by atoms with Gasteiger partial charge >= 0.3 is 0 Å². The maximum Gasteiger partial charge on any atom is 0.165 e. The quantitative estimate of drug-likeness (QED) is 0.889. The second kappa shape index (κ2) is 6.87. The molecule has 0 unspecified atom stereocenters. The summed E-state index contributed by atoms with van der Waals surface area (Å²) < 4.78 is 18.7. The predicted molar refractivity (Wildman–Crippen MR) is 72.8 cm³/mol. The summed E-state index contributed by atoms with van der Waals surface area (Å²) in [5.74, 6) is -0.186. The number of benzene rings is 1. The number of nitrogens with zero attached hydrogens (tertiary/aromatic N) is 1. The highest BCUT2D eigenvalue weighted by Crippen LogP contribution is 2.18. The first-order chi connectivity index (χ1) is 9.16. The number of aliphatic hydroxyl groups excluding tert-OH is 1. The molecule has 1 fully saturated rings. The SMILES string of the molecule is C[C@H]1CCCCN1C[C@@H](O)COc1ccccc1F. The number of hydrogen-bond donors (Lipinski definition) is 1. The third-order valence-corrected chi connectivity index (χ3v) is 3.65. The Bertz CT molecular complexity index is 399. The number of piperidine rings is 1. The van der Waals surface area contributed by atoms with E-state index in [1.54, 1.807) is 18.2 Å². The van der Waals surface area contributed by atoms with Crippen LogP contribution in [0.1, 0.15) is 26.2 Å². The summed E-state index contributed by atoms with van der Waals surface area (Å²) in [5, 5.41) is 9.98. The average Bonchev–Trinajstić information content (AvgIpc) is 2.40. The molecule has 19 heavy (non-hydrogen) atoms. The zero-order valence-corrected chi connectivity index (χ0v) is 11.4. The van der Waals surface area contributed by atoms with Gasteiger partial charge in [0.25, 0.3) is 0 Å². The predicted octanol–water partition coefficient (Wildman–Crippen LogP) is 2.44. The molecule has 4 heteroatoms. The van der Waals surface area contributed by atoms with Crippen molar-refractivity contribution in [2.24, 2.45) is 0 Å². The van der Waals surface area contributed by atoms with E-state index < -0.39 is 6.10 Å². The summed E-state index contributed by atoms with van der Waals surface area (Å²) in [6.07, 6.45) is 3.05. The molecule has 2 atom stereocenters. The van der Waals surface area contributed by atoms with Crippen LogP contribution in [-0.2, 0) is 0 Å². The molecule has 106 valence electrons. The van der Waals surface area contributed by atoms with Gasteiger partial charge in [0.15, 0.2) is 11.6 Å². The Labute approximate surface area is 114 Å². The van der Waals surface area contributed by atoms with Crippen molar-refractivity contribution in [3.05, 3.63) is 30.1 Å². The second-order valence-electron chi connectivity index (χ2n) is 5.23. The molecule has 1 aliphatic rings. The van der Waals surface area contributed by atoms with E-state index in [0.717, 1.165) is 6.54 Å². The van der Waals surface area contributed by atoms with Crippen LogP contribution in [0.15, 0.2) is 24.3 Å². The van der Waals surface area contributed by atoms with E-state index in [9.17, 15) is 9.50 Å². The van der Waals surface area contributed by atoms with Gasteiger partial charge in [0.1, 0.15) is 12.7 Å². The number of β-amino-alcohol motifs (C(OH)–C–C–N with tert-alkyl or cyclic N) is 1. The Balaban J connectivity index is 1.78. The standard InChI is InChI=1S/C15H22FNO2/c1-12-6-4-5-9-17(12)10-13(18)11-19-15-8-3-2-7-14(15)16/h2-3,7-8,12-13,18H,4-6,9-11H2,1H3/t12-,13+/m0/s1. The molecule has 0 aromatic heterocycles. The molecular formula is C15H22FNO2. The number of halogens is 1. The van der Waals surface area contributed by atoms with E-state index in [1.807, 2.05) is 0 Å². The topological polar surface area (TPSA) is 32.7 Å². The van der Waals surface area contributed by atoms with Crippen LogP contribution in [0.3, 0.4) is 0 Å². The Morgan fingerprint density at radius 2 is 2.21 bits per heavy atom. The van der Waals surface area contributed by atoms with E-state index in [-0.39, 0.29) is 18.2 Å². The lowest BCUT2D eigenvalue weighted by atomic mass is 10.0. The highest BCUT2D eigenvalue weighted by molar-refractivity contribution is 5.23. The summed E-state index contributed by atoms with van der Waals surface area (Å²) in [6.45, 7) is 3.93. The van der Waals surface area contributed by atoms with Gasteiger partial charge in [-0.3, -0.25) is 4.90 Å². The van der Waals surface area contributed by atoms with Crippen LogP contribution in [0.25, 0.3) is 0 Å². The molecule has 3 nitrogen and oxygen atoms in total. The summed E-state index contributed by atoms with van der Waals surface area (Å²) in [7, 11) is 0. The van der Waals surface area contributed by atoms with Crippen LogP contribution in [0.5, 0.6) is 5.75 Å². The van der Waals surface area contributed by atoms with Crippen molar-refractivity contribution < 1.29 is 14.2 Å². The van der Waals surface area contributed by atoms with Crippen LogP contribution in [0, 0.1) is 5.82 Å². The van der Waals surface area contributed by atoms with Crippen molar-refractivity contribution in [1.82, 2.24) is 4.90 Å². The van der Waals surface area contributed by atoms with Gasteiger partial charge < -0.3 is 9.84 Å². The van der Waals surface area contributed by atoms with Crippen LogP contribution < -0.4 is 4.74 Å². The highest BCUT2D eigenvalue weighted by Gasteiger charge is 2.21. The van der Waals surface area contributed by atoms with Crippen molar-refractivity contribution in [2.75, 3.05) is 19.7 Å². The Morgan fingerprint density at radius 3 is 2.95 bits per heavy atom. The third-order valence-electron chi connectivity index (χ3n) is 3.65. The average molecular weight is 267 g/mol. The second-order valence-corrected chi connectivity index (χ2v) is 5.23. The number of aliphatic hydroxyl groups is 1. The van der Waals surface area contributed by atoms with E-state index in [4.69, 9.17) is 4.74 Å². The molecule has 1 heterocycles. The first-order valence-corrected chi connectivity index (χ1v) is 6.96. The van der Waals surface area contributed by atoms with Gasteiger partial charge in [-0.2, -0.15) is 0 Å². The summed E-state index contributed by atoms with van der Waals surface area (Å²) in [6, 6.07) is 6.78. The molecule has 0 saturated carbocycles. The molecular weight excluding hydrogens is 245 g/mol. The molecule has 1 N–H and O–H groups in total. The van der Waals surface area contributed by atoms with Crippen LogP contribution in [0.2, 0.25) is 0 Å². The number of ether oxygens (including phenoxy) is 1. The summed E-state index contributed by atoms with van der Waals surface area (Å²) in [5.41, 5.74) is 0. The minimum absolute atomic E-state index is 0.129. The number of likely N-dealkylation sites (tertiary alicyclic amines) is 1. The zero-order chi connectivity index (χ0) is 13.7.